The van der Waals surface area contributed by atoms with Crippen LogP contribution in [0.25, 0.3) is 0 Å². The average molecular weight is 376 g/mol. The van der Waals surface area contributed by atoms with E-state index in [-0.39, 0.29) is 35.7 Å². The van der Waals surface area contributed by atoms with Gasteiger partial charge >= 0.3 is 0 Å². The Kier molecular flexibility index (Phi) is 7.22. The molecule has 8 heteroatoms. The Morgan fingerprint density at radius 2 is 1.92 bits per heavy atom. The summed E-state index contributed by atoms with van der Waals surface area (Å²) in [6.07, 6.45) is 3.79. The predicted molar refractivity (Wildman–Crippen MR) is 96.8 cm³/mol. The summed E-state index contributed by atoms with van der Waals surface area (Å²) in [6.45, 7) is 2.33. The number of halogens is 1. The van der Waals surface area contributed by atoms with Gasteiger partial charge in [-0.1, -0.05) is 19.8 Å². The van der Waals surface area contributed by atoms with Crippen LogP contribution < -0.4 is 15.8 Å². The van der Waals surface area contributed by atoms with Gasteiger partial charge in [-0.15, -0.1) is 12.4 Å². The largest absolute Gasteiger partial charge is 0.355 e. The SMILES string of the molecule is CNC(=O)c1ccc(S(=O)(=O)NC2(CN)CCCCC2C)cc1.Cl. The smallest absolute Gasteiger partial charge is 0.251 e. The summed E-state index contributed by atoms with van der Waals surface area (Å²) in [5, 5.41) is 2.51. The van der Waals surface area contributed by atoms with Crippen molar-refractivity contribution in [2.24, 2.45) is 11.7 Å². The molecule has 1 aromatic rings. The lowest BCUT2D eigenvalue weighted by Crippen LogP contribution is -2.58. The van der Waals surface area contributed by atoms with Crippen molar-refractivity contribution in [3.05, 3.63) is 29.8 Å². The second-order valence-electron chi connectivity index (χ2n) is 6.22. The molecule has 0 heterocycles. The van der Waals surface area contributed by atoms with E-state index in [4.69, 9.17) is 5.73 Å². The van der Waals surface area contributed by atoms with Crippen LogP contribution in [0.4, 0.5) is 0 Å². The molecule has 0 bridgehead atoms. The van der Waals surface area contributed by atoms with Crippen LogP contribution in [0.15, 0.2) is 29.2 Å². The highest BCUT2D eigenvalue weighted by Crippen LogP contribution is 2.34. The Labute approximate surface area is 150 Å². The van der Waals surface area contributed by atoms with Gasteiger partial charge in [-0.25, -0.2) is 13.1 Å². The number of carbonyl (C=O) groups is 1. The predicted octanol–water partition coefficient (Wildman–Crippen LogP) is 1.65. The number of nitrogens with two attached hydrogens (primary N) is 1. The summed E-state index contributed by atoms with van der Waals surface area (Å²) < 4.78 is 28.2. The van der Waals surface area contributed by atoms with E-state index < -0.39 is 15.6 Å². The quantitative estimate of drug-likeness (QED) is 0.728. The second-order valence-corrected chi connectivity index (χ2v) is 7.90. The molecular formula is C16H26ClN3O3S. The van der Waals surface area contributed by atoms with E-state index >= 15 is 0 Å². The van der Waals surface area contributed by atoms with Crippen LogP contribution >= 0.6 is 12.4 Å². The highest BCUT2D eigenvalue weighted by molar-refractivity contribution is 7.89. The molecule has 2 rings (SSSR count). The lowest BCUT2D eigenvalue weighted by molar-refractivity contribution is 0.0963. The van der Waals surface area contributed by atoms with Gasteiger partial charge in [-0.2, -0.15) is 0 Å². The van der Waals surface area contributed by atoms with Crippen LogP contribution in [0.1, 0.15) is 43.0 Å². The minimum atomic E-state index is -3.67. The van der Waals surface area contributed by atoms with E-state index in [0.717, 1.165) is 25.7 Å². The molecule has 1 fully saturated rings. The molecule has 0 spiro atoms. The van der Waals surface area contributed by atoms with E-state index in [0.29, 0.717) is 5.56 Å². The Bertz CT molecular complexity index is 664. The zero-order chi connectivity index (χ0) is 17.1. The third-order valence-corrected chi connectivity index (χ3v) is 6.38. The van der Waals surface area contributed by atoms with Crippen LogP contribution in [0.3, 0.4) is 0 Å². The molecule has 0 aliphatic heterocycles. The lowest BCUT2D eigenvalue weighted by atomic mass is 9.74. The number of amides is 1. The van der Waals surface area contributed by atoms with Gasteiger partial charge in [0.2, 0.25) is 10.0 Å². The molecule has 1 aromatic carbocycles. The maximum atomic E-state index is 12.7. The standard InChI is InChI=1S/C16H25N3O3S.ClH/c1-12-5-3-4-10-16(12,11-17)19-23(21,22)14-8-6-13(7-9-14)15(20)18-2;/h6-9,12,19H,3-5,10-11,17H2,1-2H3,(H,18,20);1H. The maximum Gasteiger partial charge on any atom is 0.251 e. The fourth-order valence-electron chi connectivity index (χ4n) is 3.17. The molecule has 1 amide bonds. The van der Waals surface area contributed by atoms with Crippen molar-refractivity contribution in [2.75, 3.05) is 13.6 Å². The molecule has 2 unspecified atom stereocenters. The molecule has 6 nitrogen and oxygen atoms in total. The van der Waals surface area contributed by atoms with Gasteiger partial charge < -0.3 is 11.1 Å². The summed E-state index contributed by atoms with van der Waals surface area (Å²) in [5.74, 6) is -0.0533. The van der Waals surface area contributed by atoms with Gasteiger partial charge in [0.05, 0.1) is 4.90 Å². The maximum absolute atomic E-state index is 12.7. The van der Waals surface area contributed by atoms with Gasteiger partial charge in [-0.3, -0.25) is 4.79 Å². The summed E-state index contributed by atoms with van der Waals surface area (Å²) in [7, 11) is -2.14. The molecular weight excluding hydrogens is 350 g/mol. The van der Waals surface area contributed by atoms with Crippen LogP contribution in [0.5, 0.6) is 0 Å². The zero-order valence-corrected chi connectivity index (χ0v) is 15.7. The first-order chi connectivity index (χ1) is 10.8. The van der Waals surface area contributed by atoms with Gasteiger partial charge in [-0.05, 0) is 43.0 Å². The van der Waals surface area contributed by atoms with Crippen LogP contribution in [0, 0.1) is 5.92 Å². The van der Waals surface area contributed by atoms with Crippen LogP contribution in [0.2, 0.25) is 0 Å². The first-order valence-corrected chi connectivity index (χ1v) is 9.39. The molecule has 1 aliphatic carbocycles. The summed E-state index contributed by atoms with van der Waals surface area (Å²) in [5.41, 5.74) is 5.75. The molecule has 0 radical (unpaired) electrons. The van der Waals surface area contributed by atoms with Crippen molar-refractivity contribution in [1.82, 2.24) is 10.0 Å². The number of hydrogen-bond acceptors (Lipinski definition) is 4. The summed E-state index contributed by atoms with van der Waals surface area (Å²) >= 11 is 0. The average Bonchev–Trinajstić information content (AvgIpc) is 2.56. The van der Waals surface area contributed by atoms with E-state index in [9.17, 15) is 13.2 Å². The number of nitrogens with one attached hydrogen (secondary N) is 2. The van der Waals surface area contributed by atoms with Gasteiger partial charge in [0.1, 0.15) is 0 Å². The fourth-order valence-corrected chi connectivity index (χ4v) is 4.70. The van der Waals surface area contributed by atoms with Gasteiger partial charge in [0, 0.05) is 24.7 Å². The minimum Gasteiger partial charge on any atom is -0.355 e. The van der Waals surface area contributed by atoms with Crippen LogP contribution in [-0.4, -0.2) is 33.5 Å². The third kappa shape index (κ3) is 4.27. The normalized spacial score (nSPS) is 24.0. The molecule has 0 saturated heterocycles. The van der Waals surface area contributed by atoms with Crippen molar-refractivity contribution >= 4 is 28.3 Å². The van der Waals surface area contributed by atoms with E-state index in [1.807, 2.05) is 6.92 Å². The molecule has 0 aromatic heterocycles. The van der Waals surface area contributed by atoms with E-state index in [1.165, 1.54) is 31.3 Å². The number of carbonyl (C=O) groups excluding carboxylic acids is 1. The Morgan fingerprint density at radius 3 is 2.42 bits per heavy atom. The third-order valence-electron chi connectivity index (χ3n) is 4.81. The van der Waals surface area contributed by atoms with Crippen LogP contribution in [-0.2, 0) is 10.0 Å². The second kappa shape index (κ2) is 8.29. The molecule has 1 saturated carbocycles. The van der Waals surface area contributed by atoms with Crippen molar-refractivity contribution in [3.8, 4) is 0 Å². The van der Waals surface area contributed by atoms with Crippen molar-refractivity contribution in [3.63, 3.8) is 0 Å². The van der Waals surface area contributed by atoms with Crippen molar-refractivity contribution < 1.29 is 13.2 Å². The number of hydrogen-bond donors (Lipinski definition) is 3. The fraction of sp³-hybridized carbons (Fsp3) is 0.562. The van der Waals surface area contributed by atoms with Crippen molar-refractivity contribution in [2.45, 2.75) is 43.0 Å². The van der Waals surface area contributed by atoms with Crippen molar-refractivity contribution in [1.29, 1.82) is 0 Å². The topological polar surface area (TPSA) is 101 Å². The number of rotatable bonds is 5. The van der Waals surface area contributed by atoms with E-state index in [2.05, 4.69) is 10.0 Å². The molecule has 4 N–H and O–H groups in total. The van der Waals surface area contributed by atoms with Gasteiger partial charge in [0.15, 0.2) is 0 Å². The molecule has 2 atom stereocenters. The first-order valence-electron chi connectivity index (χ1n) is 7.91. The minimum absolute atomic E-state index is 0. The highest BCUT2D eigenvalue weighted by atomic mass is 35.5. The van der Waals surface area contributed by atoms with Gasteiger partial charge in [0.25, 0.3) is 5.91 Å². The molecule has 24 heavy (non-hydrogen) atoms. The Balaban J connectivity index is 0.00000288. The summed E-state index contributed by atoms with van der Waals surface area (Å²) in [6, 6.07) is 5.91. The molecule has 1 aliphatic rings. The highest BCUT2D eigenvalue weighted by Gasteiger charge is 2.40. The Hall–Kier alpha value is -1.15. The number of benzene rings is 1. The zero-order valence-electron chi connectivity index (χ0n) is 14.0. The Morgan fingerprint density at radius 1 is 1.29 bits per heavy atom. The summed E-state index contributed by atoms with van der Waals surface area (Å²) in [4.78, 5) is 11.7. The first kappa shape index (κ1) is 20.9. The molecule has 136 valence electrons. The lowest BCUT2D eigenvalue weighted by Gasteiger charge is -2.42. The van der Waals surface area contributed by atoms with E-state index in [1.54, 1.807) is 0 Å². The monoisotopic (exact) mass is 375 g/mol. The number of sulfonamides is 1.